The molecule has 0 unspecified atom stereocenters. The van der Waals surface area contributed by atoms with Crippen LogP contribution in [0.4, 0.5) is 0 Å². The Labute approximate surface area is 133 Å². The number of ketones is 1. The molecule has 0 spiro atoms. The maximum absolute atomic E-state index is 12.6. The van der Waals surface area contributed by atoms with Crippen LogP contribution in [0, 0.1) is 0 Å². The molecule has 1 aromatic heterocycles. The molecular weight excluding hydrogens is 314 g/mol. The molecule has 1 N–H and O–H groups in total. The van der Waals surface area contributed by atoms with Gasteiger partial charge in [0.1, 0.15) is 4.90 Å². The fourth-order valence-corrected chi connectivity index (χ4v) is 3.38. The van der Waals surface area contributed by atoms with Crippen molar-refractivity contribution in [1.29, 1.82) is 0 Å². The Balaban J connectivity index is 2.10. The Morgan fingerprint density at radius 3 is 2.43 bits per heavy atom. The van der Waals surface area contributed by atoms with E-state index in [1.807, 2.05) is 30.3 Å². The van der Waals surface area contributed by atoms with Gasteiger partial charge < -0.3 is 4.98 Å². The van der Waals surface area contributed by atoms with Gasteiger partial charge in [0.05, 0.1) is 0 Å². The van der Waals surface area contributed by atoms with Crippen molar-refractivity contribution < 1.29 is 13.2 Å². The molecule has 0 amide bonds. The van der Waals surface area contributed by atoms with Gasteiger partial charge in [-0.3, -0.25) is 9.59 Å². The van der Waals surface area contributed by atoms with Gasteiger partial charge in [-0.1, -0.05) is 30.3 Å². The number of benzene rings is 1. The second kappa shape index (κ2) is 5.62. The Morgan fingerprint density at radius 2 is 1.78 bits per heavy atom. The minimum absolute atomic E-state index is 0.240. The minimum Gasteiger partial charge on any atom is -0.324 e. The quantitative estimate of drug-likeness (QED) is 0.854. The second-order valence-electron chi connectivity index (χ2n) is 5.54. The Hall–Kier alpha value is -2.47. The predicted octanol–water partition coefficient (Wildman–Crippen LogP) is 1.99. The highest BCUT2D eigenvalue weighted by Crippen LogP contribution is 2.26. The summed E-state index contributed by atoms with van der Waals surface area (Å²) in [6.45, 7) is 0. The first-order valence-corrected chi connectivity index (χ1v) is 9.02. The van der Waals surface area contributed by atoms with Crippen LogP contribution in [0.15, 0.2) is 51.7 Å². The highest BCUT2D eigenvalue weighted by atomic mass is 32.2. The molecule has 1 aliphatic carbocycles. The number of pyridine rings is 1. The molecule has 0 atom stereocenters. The smallest absolute Gasteiger partial charge is 0.266 e. The Morgan fingerprint density at radius 1 is 1.09 bits per heavy atom. The van der Waals surface area contributed by atoms with Crippen molar-refractivity contribution in [2.75, 3.05) is 6.26 Å². The van der Waals surface area contributed by atoms with E-state index in [1.54, 1.807) is 6.08 Å². The molecule has 1 heterocycles. The zero-order valence-electron chi connectivity index (χ0n) is 12.5. The lowest BCUT2D eigenvalue weighted by Gasteiger charge is -2.17. The van der Waals surface area contributed by atoms with Crippen LogP contribution in [0.2, 0.25) is 0 Å². The van der Waals surface area contributed by atoms with Gasteiger partial charge in [-0.2, -0.15) is 0 Å². The molecule has 118 valence electrons. The largest absolute Gasteiger partial charge is 0.324 e. The molecule has 2 aromatic rings. The summed E-state index contributed by atoms with van der Waals surface area (Å²) in [5.74, 6) is -0.240. The van der Waals surface area contributed by atoms with E-state index in [9.17, 15) is 18.0 Å². The van der Waals surface area contributed by atoms with Crippen LogP contribution in [-0.2, 0) is 16.3 Å². The van der Waals surface area contributed by atoms with Crippen molar-refractivity contribution in [3.8, 4) is 0 Å². The van der Waals surface area contributed by atoms with E-state index in [0.29, 0.717) is 24.1 Å². The number of aromatic amines is 1. The van der Waals surface area contributed by atoms with E-state index in [1.165, 1.54) is 6.07 Å². The summed E-state index contributed by atoms with van der Waals surface area (Å²) in [4.78, 5) is 26.6. The van der Waals surface area contributed by atoms with Gasteiger partial charge >= 0.3 is 0 Å². The molecule has 0 radical (unpaired) electrons. The van der Waals surface area contributed by atoms with Gasteiger partial charge in [0.25, 0.3) is 5.56 Å². The fourth-order valence-electron chi connectivity index (χ4n) is 2.66. The highest BCUT2D eigenvalue weighted by molar-refractivity contribution is 7.90. The molecule has 0 bridgehead atoms. The Bertz CT molecular complexity index is 969. The first kappa shape index (κ1) is 15.4. The predicted molar refractivity (Wildman–Crippen MR) is 87.2 cm³/mol. The van der Waals surface area contributed by atoms with Crippen LogP contribution < -0.4 is 5.56 Å². The summed E-state index contributed by atoms with van der Waals surface area (Å²) in [6, 6.07) is 10.6. The fraction of sp³-hybridized carbons (Fsp3) is 0.176. The summed E-state index contributed by atoms with van der Waals surface area (Å²) in [5, 5.41) is 0. The van der Waals surface area contributed by atoms with E-state index in [0.717, 1.165) is 11.8 Å². The van der Waals surface area contributed by atoms with E-state index in [-0.39, 0.29) is 16.2 Å². The van der Waals surface area contributed by atoms with E-state index in [4.69, 9.17) is 0 Å². The number of carbonyl (C=O) groups is 1. The number of Topliss-reactive ketones (excluding diaryl/α,β-unsaturated/α-hetero) is 1. The van der Waals surface area contributed by atoms with Gasteiger partial charge in [0.2, 0.25) is 0 Å². The Kier molecular flexibility index (Phi) is 3.77. The number of H-pyrrole nitrogens is 1. The maximum Gasteiger partial charge on any atom is 0.266 e. The van der Waals surface area contributed by atoms with Crippen molar-refractivity contribution in [2.24, 2.45) is 0 Å². The zero-order chi connectivity index (χ0) is 16.6. The van der Waals surface area contributed by atoms with Crippen molar-refractivity contribution in [3.05, 3.63) is 69.1 Å². The van der Waals surface area contributed by atoms with Crippen molar-refractivity contribution in [3.63, 3.8) is 0 Å². The van der Waals surface area contributed by atoms with Gasteiger partial charge in [-0.05, 0) is 30.5 Å². The number of nitrogens with one attached hydrogen (secondary N) is 1. The van der Waals surface area contributed by atoms with Gasteiger partial charge in [0, 0.05) is 23.1 Å². The first-order chi connectivity index (χ1) is 10.9. The number of fused-ring (bicyclic) bond motifs is 1. The molecule has 0 fully saturated rings. The van der Waals surface area contributed by atoms with Crippen molar-refractivity contribution in [1.82, 2.24) is 4.98 Å². The lowest BCUT2D eigenvalue weighted by Crippen LogP contribution is -2.24. The van der Waals surface area contributed by atoms with Crippen LogP contribution in [0.5, 0.6) is 0 Å². The molecule has 0 saturated carbocycles. The van der Waals surface area contributed by atoms with Gasteiger partial charge in [-0.15, -0.1) is 0 Å². The van der Waals surface area contributed by atoms with Crippen LogP contribution in [0.1, 0.15) is 28.0 Å². The van der Waals surface area contributed by atoms with Gasteiger partial charge in [0.15, 0.2) is 15.6 Å². The van der Waals surface area contributed by atoms with Crippen LogP contribution >= 0.6 is 0 Å². The SMILES string of the molecule is CS(=O)(=O)c1cc2c([nH]c1=O)CC/C(=C\c1ccccc1)C2=O. The topological polar surface area (TPSA) is 84.1 Å². The standard InChI is InChI=1S/C17H15NO4S/c1-23(21,22)15-10-13-14(18-17(15)20)8-7-12(16(13)19)9-11-5-3-2-4-6-11/h2-6,9-10H,7-8H2,1H3,(H,18,20)/b12-9+. The third-order valence-corrected chi connectivity index (χ3v) is 4.91. The molecule has 23 heavy (non-hydrogen) atoms. The molecule has 0 saturated heterocycles. The average Bonchev–Trinajstić information content (AvgIpc) is 2.50. The summed E-state index contributed by atoms with van der Waals surface area (Å²) >= 11 is 0. The molecule has 6 heteroatoms. The second-order valence-corrected chi connectivity index (χ2v) is 7.52. The number of aryl methyl sites for hydroxylation is 1. The maximum atomic E-state index is 12.6. The molecular formula is C17H15NO4S. The van der Waals surface area contributed by atoms with E-state index >= 15 is 0 Å². The van der Waals surface area contributed by atoms with Crippen LogP contribution in [0.25, 0.3) is 6.08 Å². The van der Waals surface area contributed by atoms with E-state index < -0.39 is 15.4 Å². The summed E-state index contributed by atoms with van der Waals surface area (Å²) in [6.07, 6.45) is 3.77. The monoisotopic (exact) mass is 329 g/mol. The third-order valence-electron chi connectivity index (χ3n) is 3.81. The number of sulfone groups is 1. The number of hydrogen-bond donors (Lipinski definition) is 1. The van der Waals surface area contributed by atoms with Crippen molar-refractivity contribution >= 4 is 21.7 Å². The molecule has 3 rings (SSSR count). The molecule has 0 aliphatic heterocycles. The first-order valence-electron chi connectivity index (χ1n) is 7.13. The minimum atomic E-state index is -3.68. The zero-order valence-corrected chi connectivity index (χ0v) is 13.3. The number of hydrogen-bond acceptors (Lipinski definition) is 4. The number of aromatic nitrogens is 1. The molecule has 5 nitrogen and oxygen atoms in total. The number of carbonyl (C=O) groups excluding carboxylic acids is 1. The number of allylic oxidation sites excluding steroid dienone is 1. The van der Waals surface area contributed by atoms with Crippen LogP contribution in [-0.4, -0.2) is 25.4 Å². The lowest BCUT2D eigenvalue weighted by atomic mass is 9.89. The summed E-state index contributed by atoms with van der Waals surface area (Å²) < 4.78 is 23.3. The lowest BCUT2D eigenvalue weighted by molar-refractivity contribution is 0.102. The van der Waals surface area contributed by atoms with Gasteiger partial charge in [-0.25, -0.2) is 8.42 Å². The average molecular weight is 329 g/mol. The summed E-state index contributed by atoms with van der Waals surface area (Å²) in [7, 11) is -3.68. The van der Waals surface area contributed by atoms with E-state index in [2.05, 4.69) is 4.98 Å². The molecule has 1 aromatic carbocycles. The molecule has 1 aliphatic rings. The number of rotatable bonds is 2. The van der Waals surface area contributed by atoms with Crippen molar-refractivity contribution in [2.45, 2.75) is 17.7 Å². The normalized spacial score (nSPS) is 16.4. The van der Waals surface area contributed by atoms with Crippen LogP contribution in [0.3, 0.4) is 0 Å². The summed E-state index contributed by atoms with van der Waals surface area (Å²) in [5.41, 5.74) is 1.60. The third kappa shape index (κ3) is 3.03. The highest BCUT2D eigenvalue weighted by Gasteiger charge is 2.26.